The van der Waals surface area contributed by atoms with E-state index in [0.717, 1.165) is 50.7 Å². The molecule has 0 aliphatic carbocycles. The first-order chi connectivity index (χ1) is 26.3. The summed E-state index contributed by atoms with van der Waals surface area (Å²) in [5.74, 6) is 0.855. The topological polar surface area (TPSA) is 40.6 Å². The molecule has 7 aromatic carbocycles. The number of fused-ring (bicyclic) bond motifs is 7. The number of benzene rings is 7. The fourth-order valence-electron chi connectivity index (χ4n) is 8.22. The van der Waals surface area contributed by atoms with Crippen LogP contribution in [0.4, 0.5) is 0 Å². The second-order valence-electron chi connectivity index (χ2n) is 13.5. The molecular weight excluding hydrogens is 647 g/mol. The molecule has 0 fully saturated rings. The Labute approximate surface area is 305 Å². The summed E-state index contributed by atoms with van der Waals surface area (Å²) in [6.45, 7) is 0. The van der Waals surface area contributed by atoms with Crippen LogP contribution in [0.3, 0.4) is 0 Å². The lowest BCUT2D eigenvalue weighted by Gasteiger charge is -2.16. The standard InChI is InChI=1S/C48H31N5/c1-3-15-32(16-4-1)47-50-46-37(27-28-49-48(46)53(47)34-17-5-2-6-18-34)33-29-35(51-42-23-11-7-19-38(42)39-20-8-12-24-43(39)51)31-36(30-33)52-44-25-13-9-21-40(44)41-22-10-14-26-45(41)52/h1-31H. The van der Waals surface area contributed by atoms with Gasteiger partial charge < -0.3 is 9.13 Å². The van der Waals surface area contributed by atoms with Gasteiger partial charge in [-0.2, -0.15) is 0 Å². The van der Waals surface area contributed by atoms with E-state index in [0.29, 0.717) is 0 Å². The highest BCUT2D eigenvalue weighted by Crippen LogP contribution is 2.40. The summed E-state index contributed by atoms with van der Waals surface area (Å²) in [7, 11) is 0. The van der Waals surface area contributed by atoms with Crippen LogP contribution in [-0.4, -0.2) is 23.7 Å². The zero-order valence-corrected chi connectivity index (χ0v) is 28.6. The predicted molar refractivity (Wildman–Crippen MR) is 218 cm³/mol. The molecule has 0 amide bonds. The van der Waals surface area contributed by atoms with Crippen molar-refractivity contribution < 1.29 is 0 Å². The molecular formula is C48H31N5. The molecule has 11 aromatic rings. The molecule has 0 unspecified atom stereocenters. The Morgan fingerprint density at radius 3 is 1.32 bits per heavy atom. The van der Waals surface area contributed by atoms with Gasteiger partial charge in [0.05, 0.1) is 22.1 Å². The SMILES string of the molecule is c1ccc(-c2nc3c(-c4cc(-n5c6ccccc6c6ccccc65)cc(-n5c6ccccc6c6ccccc65)c4)ccnc3n2-c2ccccc2)cc1. The largest absolute Gasteiger partial charge is 0.309 e. The Hall–Kier alpha value is -7.24. The van der Waals surface area contributed by atoms with E-state index in [1.54, 1.807) is 0 Å². The van der Waals surface area contributed by atoms with Crippen molar-refractivity contribution in [3.8, 4) is 39.6 Å². The minimum atomic E-state index is 0.813. The van der Waals surface area contributed by atoms with Crippen molar-refractivity contribution in [1.82, 2.24) is 23.7 Å². The summed E-state index contributed by atoms with van der Waals surface area (Å²) >= 11 is 0. The maximum Gasteiger partial charge on any atom is 0.165 e. The van der Waals surface area contributed by atoms with E-state index >= 15 is 0 Å². The fourth-order valence-corrected chi connectivity index (χ4v) is 8.22. The van der Waals surface area contributed by atoms with Crippen molar-refractivity contribution >= 4 is 54.8 Å². The van der Waals surface area contributed by atoms with Gasteiger partial charge >= 0.3 is 0 Å². The molecule has 0 atom stereocenters. The molecule has 248 valence electrons. The Morgan fingerprint density at radius 2 is 0.811 bits per heavy atom. The first-order valence-corrected chi connectivity index (χ1v) is 17.9. The van der Waals surface area contributed by atoms with Gasteiger partial charge in [-0.05, 0) is 66.2 Å². The monoisotopic (exact) mass is 677 g/mol. The van der Waals surface area contributed by atoms with Gasteiger partial charge in [0.2, 0.25) is 0 Å². The van der Waals surface area contributed by atoms with Gasteiger partial charge in [0, 0.05) is 55.9 Å². The zero-order chi connectivity index (χ0) is 34.9. The Kier molecular flexibility index (Phi) is 6.48. The summed E-state index contributed by atoms with van der Waals surface area (Å²) in [4.78, 5) is 10.4. The zero-order valence-electron chi connectivity index (χ0n) is 28.6. The Bertz CT molecular complexity index is 2930. The Morgan fingerprint density at radius 1 is 0.358 bits per heavy atom. The number of rotatable bonds is 5. The lowest BCUT2D eigenvalue weighted by Crippen LogP contribution is -2.00. The number of hydrogen-bond donors (Lipinski definition) is 0. The molecule has 4 heterocycles. The third-order valence-corrected chi connectivity index (χ3v) is 10.5. The first-order valence-electron chi connectivity index (χ1n) is 17.9. The van der Waals surface area contributed by atoms with Crippen molar-refractivity contribution in [2.45, 2.75) is 0 Å². The molecule has 0 aliphatic heterocycles. The van der Waals surface area contributed by atoms with Crippen LogP contribution in [0.2, 0.25) is 0 Å². The normalized spacial score (nSPS) is 11.8. The van der Waals surface area contributed by atoms with E-state index < -0.39 is 0 Å². The summed E-state index contributed by atoms with van der Waals surface area (Å²) in [5, 5.41) is 4.92. The van der Waals surface area contributed by atoms with E-state index in [1.807, 2.05) is 18.3 Å². The number of imidazole rings is 1. The molecule has 5 nitrogen and oxygen atoms in total. The molecule has 0 aliphatic rings. The molecule has 0 bridgehead atoms. The number of aromatic nitrogens is 5. The van der Waals surface area contributed by atoms with Gasteiger partial charge in [-0.25, -0.2) is 9.97 Å². The average molecular weight is 678 g/mol. The first kappa shape index (κ1) is 29.5. The van der Waals surface area contributed by atoms with Crippen LogP contribution >= 0.6 is 0 Å². The summed E-state index contributed by atoms with van der Waals surface area (Å²) in [6.07, 6.45) is 1.92. The molecule has 53 heavy (non-hydrogen) atoms. The molecule has 0 radical (unpaired) electrons. The molecule has 11 rings (SSSR count). The molecule has 0 N–H and O–H groups in total. The van der Waals surface area contributed by atoms with Crippen LogP contribution in [0.15, 0.2) is 188 Å². The average Bonchev–Trinajstić information content (AvgIpc) is 3.90. The highest BCUT2D eigenvalue weighted by Gasteiger charge is 2.21. The number of hydrogen-bond acceptors (Lipinski definition) is 2. The number of nitrogens with zero attached hydrogens (tertiary/aromatic N) is 5. The van der Waals surface area contributed by atoms with Crippen molar-refractivity contribution in [3.63, 3.8) is 0 Å². The minimum absolute atomic E-state index is 0.813. The molecule has 0 saturated carbocycles. The molecule has 5 heteroatoms. The molecule has 0 saturated heterocycles. The predicted octanol–water partition coefficient (Wildman–Crippen LogP) is 11.9. The van der Waals surface area contributed by atoms with Crippen molar-refractivity contribution in [1.29, 1.82) is 0 Å². The van der Waals surface area contributed by atoms with Gasteiger partial charge in [0.25, 0.3) is 0 Å². The quantitative estimate of drug-likeness (QED) is 0.182. The molecule has 0 spiro atoms. The fraction of sp³-hybridized carbons (Fsp3) is 0. The smallest absolute Gasteiger partial charge is 0.165 e. The van der Waals surface area contributed by atoms with Crippen LogP contribution in [0.5, 0.6) is 0 Å². The van der Waals surface area contributed by atoms with Crippen molar-refractivity contribution in [3.05, 3.63) is 188 Å². The summed E-state index contributed by atoms with van der Waals surface area (Å²) in [6, 6.07) is 64.7. The Balaban J connectivity index is 1.25. The van der Waals surface area contributed by atoms with Crippen LogP contribution in [0.25, 0.3) is 94.4 Å². The van der Waals surface area contributed by atoms with Crippen molar-refractivity contribution in [2.75, 3.05) is 0 Å². The van der Waals surface area contributed by atoms with Gasteiger partial charge in [0.1, 0.15) is 11.3 Å². The molecule has 4 aromatic heterocycles. The van der Waals surface area contributed by atoms with E-state index in [4.69, 9.17) is 9.97 Å². The number of pyridine rings is 1. The number of para-hydroxylation sites is 5. The van der Waals surface area contributed by atoms with Gasteiger partial charge in [-0.15, -0.1) is 0 Å². The highest BCUT2D eigenvalue weighted by molar-refractivity contribution is 6.11. The van der Waals surface area contributed by atoms with E-state index in [1.165, 1.54) is 43.6 Å². The van der Waals surface area contributed by atoms with Crippen LogP contribution in [0, 0.1) is 0 Å². The van der Waals surface area contributed by atoms with Crippen molar-refractivity contribution in [2.24, 2.45) is 0 Å². The lowest BCUT2D eigenvalue weighted by atomic mass is 10.0. The van der Waals surface area contributed by atoms with Gasteiger partial charge in [-0.1, -0.05) is 121 Å². The van der Waals surface area contributed by atoms with E-state index in [-0.39, 0.29) is 0 Å². The van der Waals surface area contributed by atoms with Gasteiger partial charge in [0.15, 0.2) is 5.65 Å². The van der Waals surface area contributed by atoms with E-state index in [2.05, 4.69) is 184 Å². The summed E-state index contributed by atoms with van der Waals surface area (Å²) in [5.41, 5.74) is 12.6. The maximum atomic E-state index is 5.41. The van der Waals surface area contributed by atoms with E-state index in [9.17, 15) is 0 Å². The second-order valence-corrected chi connectivity index (χ2v) is 13.5. The van der Waals surface area contributed by atoms with Crippen LogP contribution < -0.4 is 0 Å². The third kappa shape index (κ3) is 4.51. The van der Waals surface area contributed by atoms with Crippen LogP contribution in [0.1, 0.15) is 0 Å². The maximum absolute atomic E-state index is 5.41. The summed E-state index contributed by atoms with van der Waals surface area (Å²) < 4.78 is 6.99. The second kappa shape index (κ2) is 11.7. The van der Waals surface area contributed by atoms with Gasteiger partial charge in [-0.3, -0.25) is 4.57 Å². The minimum Gasteiger partial charge on any atom is -0.309 e. The van der Waals surface area contributed by atoms with Crippen LogP contribution in [-0.2, 0) is 0 Å². The highest BCUT2D eigenvalue weighted by atomic mass is 15.1. The third-order valence-electron chi connectivity index (χ3n) is 10.5. The lowest BCUT2D eigenvalue weighted by molar-refractivity contribution is 1.08.